The van der Waals surface area contributed by atoms with Crippen LogP contribution < -0.4 is 10.2 Å². The molecule has 0 unspecified atom stereocenters. The Kier molecular flexibility index (Phi) is 5.49. The van der Waals surface area contributed by atoms with E-state index >= 15 is 0 Å². The van der Waals surface area contributed by atoms with Gasteiger partial charge in [-0.25, -0.2) is 9.18 Å². The van der Waals surface area contributed by atoms with E-state index in [1.165, 1.54) is 12.1 Å². The van der Waals surface area contributed by atoms with Crippen molar-refractivity contribution in [1.82, 2.24) is 5.32 Å². The first-order chi connectivity index (χ1) is 12.6. The Morgan fingerprint density at radius 2 is 1.88 bits per heavy atom. The van der Waals surface area contributed by atoms with Crippen molar-refractivity contribution in [3.05, 3.63) is 65.5 Å². The third-order valence-corrected chi connectivity index (χ3v) is 3.82. The van der Waals surface area contributed by atoms with Crippen molar-refractivity contribution in [3.8, 4) is 11.8 Å². The molecule has 0 bridgehead atoms. The minimum absolute atomic E-state index is 0.172. The van der Waals surface area contributed by atoms with Crippen LogP contribution in [-0.2, 0) is 16.0 Å². The smallest absolute Gasteiger partial charge is 0.414 e. The Morgan fingerprint density at radius 1 is 1.15 bits per heavy atom. The average Bonchev–Trinajstić information content (AvgIpc) is 3.07. The van der Waals surface area contributed by atoms with Crippen molar-refractivity contribution in [3.63, 3.8) is 0 Å². The molecule has 0 aromatic heterocycles. The second-order valence-electron chi connectivity index (χ2n) is 5.69. The lowest BCUT2D eigenvalue weighted by Gasteiger charge is -2.11. The van der Waals surface area contributed by atoms with Crippen LogP contribution >= 0.6 is 0 Å². The zero-order valence-electron chi connectivity index (χ0n) is 14.0. The van der Waals surface area contributed by atoms with Crippen molar-refractivity contribution in [2.45, 2.75) is 6.42 Å². The molecule has 1 saturated heterocycles. The number of cyclic esters (lactones) is 1. The number of amides is 2. The summed E-state index contributed by atoms with van der Waals surface area (Å²) in [5, 5.41) is 2.70. The Bertz CT molecular complexity index is 851. The van der Waals surface area contributed by atoms with E-state index in [1.807, 2.05) is 24.3 Å². The van der Waals surface area contributed by atoms with Crippen LogP contribution in [0.3, 0.4) is 0 Å². The number of nitrogens with one attached hydrogen (secondary N) is 1. The minimum atomic E-state index is -0.340. The normalized spacial score (nSPS) is 13.0. The molecular formula is C20H17FN2O3. The fourth-order valence-electron chi connectivity index (χ4n) is 2.49. The molecule has 1 aliphatic rings. The summed E-state index contributed by atoms with van der Waals surface area (Å²) in [6, 6.07) is 13.1. The van der Waals surface area contributed by atoms with E-state index in [4.69, 9.17) is 4.74 Å². The maximum atomic E-state index is 12.8. The lowest BCUT2D eigenvalue weighted by atomic mass is 10.1. The molecule has 2 aromatic carbocycles. The first-order valence-electron chi connectivity index (χ1n) is 8.16. The third kappa shape index (κ3) is 4.61. The van der Waals surface area contributed by atoms with Crippen LogP contribution in [0.15, 0.2) is 48.5 Å². The lowest BCUT2D eigenvalue weighted by molar-refractivity contribution is -0.120. The molecule has 2 aromatic rings. The molecule has 1 fully saturated rings. The summed E-state index contributed by atoms with van der Waals surface area (Å²) >= 11 is 0. The highest BCUT2D eigenvalue weighted by Gasteiger charge is 2.23. The summed E-state index contributed by atoms with van der Waals surface area (Å²) in [5.74, 6) is 5.33. The van der Waals surface area contributed by atoms with Gasteiger partial charge in [0.15, 0.2) is 0 Å². The van der Waals surface area contributed by atoms with Crippen molar-refractivity contribution in [2.75, 3.05) is 24.6 Å². The zero-order chi connectivity index (χ0) is 18.4. The first-order valence-corrected chi connectivity index (χ1v) is 8.16. The van der Waals surface area contributed by atoms with Gasteiger partial charge < -0.3 is 10.1 Å². The van der Waals surface area contributed by atoms with Gasteiger partial charge in [-0.1, -0.05) is 24.0 Å². The number of halogens is 1. The minimum Gasteiger partial charge on any atom is -0.447 e. The van der Waals surface area contributed by atoms with E-state index in [0.717, 1.165) is 16.8 Å². The fraction of sp³-hybridized carbons (Fsp3) is 0.200. The second-order valence-corrected chi connectivity index (χ2v) is 5.69. The van der Waals surface area contributed by atoms with Crippen LogP contribution in [0, 0.1) is 17.7 Å². The Balaban J connectivity index is 1.48. The van der Waals surface area contributed by atoms with Gasteiger partial charge in [-0.2, -0.15) is 0 Å². The quantitative estimate of drug-likeness (QED) is 0.860. The summed E-state index contributed by atoms with van der Waals surface area (Å²) in [7, 11) is 0. The summed E-state index contributed by atoms with van der Waals surface area (Å²) < 4.78 is 17.7. The summed E-state index contributed by atoms with van der Waals surface area (Å²) in [6.07, 6.45) is -0.157. The van der Waals surface area contributed by atoms with E-state index in [2.05, 4.69) is 17.2 Å². The van der Waals surface area contributed by atoms with Gasteiger partial charge in [-0.15, -0.1) is 0 Å². The average molecular weight is 352 g/mol. The van der Waals surface area contributed by atoms with E-state index < -0.39 is 0 Å². The monoisotopic (exact) mass is 352 g/mol. The number of hydrogen-bond donors (Lipinski definition) is 1. The van der Waals surface area contributed by atoms with Gasteiger partial charge in [0.2, 0.25) is 5.91 Å². The van der Waals surface area contributed by atoms with Crippen molar-refractivity contribution < 1.29 is 18.7 Å². The standard InChI is InChI=1S/C20H17FN2O3/c21-17-7-3-16(4-8-17)14-19(24)22-11-1-2-15-5-9-18(10-6-15)23-12-13-26-20(23)25/h3-10H,11-14H2,(H,22,24). The van der Waals surface area contributed by atoms with Crippen molar-refractivity contribution in [2.24, 2.45) is 0 Å². The predicted molar refractivity (Wildman–Crippen MR) is 95.1 cm³/mol. The topological polar surface area (TPSA) is 58.6 Å². The van der Waals surface area contributed by atoms with Crippen LogP contribution in [-0.4, -0.2) is 31.7 Å². The molecule has 5 nitrogen and oxygen atoms in total. The van der Waals surface area contributed by atoms with E-state index in [9.17, 15) is 14.0 Å². The first kappa shape index (κ1) is 17.5. The maximum Gasteiger partial charge on any atom is 0.414 e. The van der Waals surface area contributed by atoms with Crippen LogP contribution in [0.5, 0.6) is 0 Å². The van der Waals surface area contributed by atoms with Gasteiger partial charge >= 0.3 is 6.09 Å². The summed E-state index contributed by atoms with van der Waals surface area (Å²) in [6.45, 7) is 1.17. The third-order valence-electron chi connectivity index (χ3n) is 3.82. The molecule has 3 rings (SSSR count). The van der Waals surface area contributed by atoms with Crippen molar-refractivity contribution in [1.29, 1.82) is 0 Å². The highest BCUT2D eigenvalue weighted by Crippen LogP contribution is 2.18. The zero-order valence-corrected chi connectivity index (χ0v) is 14.0. The van der Waals surface area contributed by atoms with Crippen LogP contribution in [0.2, 0.25) is 0 Å². The van der Waals surface area contributed by atoms with Crippen LogP contribution in [0.25, 0.3) is 0 Å². The largest absolute Gasteiger partial charge is 0.447 e. The lowest BCUT2D eigenvalue weighted by Crippen LogP contribution is -2.25. The van der Waals surface area contributed by atoms with E-state index in [1.54, 1.807) is 17.0 Å². The van der Waals surface area contributed by atoms with Gasteiger partial charge in [-0.3, -0.25) is 9.69 Å². The Hall–Kier alpha value is -3.33. The molecule has 0 spiro atoms. The molecule has 1 heterocycles. The second kappa shape index (κ2) is 8.17. The molecular weight excluding hydrogens is 335 g/mol. The van der Waals surface area contributed by atoms with Gasteiger partial charge in [0, 0.05) is 11.3 Å². The van der Waals surface area contributed by atoms with Crippen LogP contribution in [0.4, 0.5) is 14.9 Å². The molecule has 0 radical (unpaired) electrons. The number of carbonyl (C=O) groups is 2. The molecule has 0 aliphatic carbocycles. The Labute approximate surface area is 150 Å². The number of carbonyl (C=O) groups excluding carboxylic acids is 2. The summed E-state index contributed by atoms with van der Waals surface area (Å²) in [4.78, 5) is 24.9. The highest BCUT2D eigenvalue weighted by molar-refractivity contribution is 5.89. The molecule has 0 atom stereocenters. The predicted octanol–water partition coefficient (Wildman–Crippen LogP) is 2.49. The number of anilines is 1. The van der Waals surface area contributed by atoms with Crippen LogP contribution in [0.1, 0.15) is 11.1 Å². The number of benzene rings is 2. The maximum absolute atomic E-state index is 12.8. The van der Waals surface area contributed by atoms with Gasteiger partial charge in [0.05, 0.1) is 19.5 Å². The number of rotatable bonds is 4. The number of ether oxygens (including phenoxy) is 1. The molecule has 0 saturated carbocycles. The van der Waals surface area contributed by atoms with Gasteiger partial charge in [-0.05, 0) is 42.0 Å². The van der Waals surface area contributed by atoms with Gasteiger partial charge in [0.25, 0.3) is 0 Å². The van der Waals surface area contributed by atoms with E-state index in [-0.39, 0.29) is 30.8 Å². The number of hydrogen-bond acceptors (Lipinski definition) is 3. The summed E-state index contributed by atoms with van der Waals surface area (Å²) in [5.41, 5.74) is 2.30. The van der Waals surface area contributed by atoms with Crippen molar-refractivity contribution >= 4 is 17.7 Å². The van der Waals surface area contributed by atoms with Gasteiger partial charge in [0.1, 0.15) is 12.4 Å². The Morgan fingerprint density at radius 3 is 2.54 bits per heavy atom. The molecule has 2 amide bonds. The fourth-order valence-corrected chi connectivity index (χ4v) is 2.49. The molecule has 1 aliphatic heterocycles. The molecule has 1 N–H and O–H groups in total. The molecule has 132 valence electrons. The SMILES string of the molecule is O=C(Cc1ccc(F)cc1)NCC#Cc1ccc(N2CCOC2=O)cc1. The highest BCUT2D eigenvalue weighted by atomic mass is 19.1. The number of nitrogens with zero attached hydrogens (tertiary/aromatic N) is 1. The van der Waals surface area contributed by atoms with E-state index in [0.29, 0.717) is 13.2 Å². The molecule has 6 heteroatoms. The molecule has 26 heavy (non-hydrogen) atoms.